The molecule has 0 fully saturated rings. The van der Waals surface area contributed by atoms with E-state index in [2.05, 4.69) is 26.0 Å². The summed E-state index contributed by atoms with van der Waals surface area (Å²) in [7, 11) is -5.07. The predicted molar refractivity (Wildman–Crippen MR) is 198 cm³/mol. The highest BCUT2D eigenvalue weighted by molar-refractivity contribution is 7.46. The van der Waals surface area contributed by atoms with Gasteiger partial charge in [0.15, 0.2) is 11.4 Å². The first-order chi connectivity index (χ1) is 22.7. The van der Waals surface area contributed by atoms with Gasteiger partial charge < -0.3 is 20.0 Å². The van der Waals surface area contributed by atoms with E-state index in [0.717, 1.165) is 64.2 Å². The van der Waals surface area contributed by atoms with E-state index in [1.54, 1.807) is 0 Å². The minimum Gasteiger partial charge on any atom is -0.394 e. The molecule has 0 saturated heterocycles. The van der Waals surface area contributed by atoms with Crippen molar-refractivity contribution in [3.63, 3.8) is 0 Å². The Hall–Kier alpha value is -0.560. The molecule has 0 heterocycles. The zero-order valence-electron chi connectivity index (χ0n) is 30.8. The van der Waals surface area contributed by atoms with Gasteiger partial charge in [-0.1, -0.05) is 174 Å². The average molecular weight is 689 g/mol. The number of Topliss-reactive ketones (excluding diaryl/α,β-unsaturated/α-hetero) is 1. The maximum Gasteiger partial charge on any atom is 0.470 e. The van der Waals surface area contributed by atoms with E-state index in [9.17, 15) is 29.4 Å². The van der Waals surface area contributed by atoms with Crippen molar-refractivity contribution in [2.75, 3.05) is 6.61 Å². The van der Waals surface area contributed by atoms with Crippen LogP contribution in [0.4, 0.5) is 0 Å². The van der Waals surface area contributed by atoms with Crippen LogP contribution in [0.3, 0.4) is 0 Å². The zero-order valence-corrected chi connectivity index (χ0v) is 31.7. The van der Waals surface area contributed by atoms with Gasteiger partial charge in [-0.05, 0) is 44.9 Å². The van der Waals surface area contributed by atoms with Crippen molar-refractivity contribution in [2.45, 2.75) is 225 Å². The van der Waals surface area contributed by atoms with Crippen molar-refractivity contribution in [1.82, 2.24) is 0 Å². The van der Waals surface area contributed by atoms with Gasteiger partial charge in [0, 0.05) is 6.42 Å². The maximum absolute atomic E-state index is 13.3. The van der Waals surface area contributed by atoms with Crippen LogP contribution in [0.15, 0.2) is 12.2 Å². The molecule has 4 N–H and O–H groups in total. The fourth-order valence-electron chi connectivity index (χ4n) is 6.51. The van der Waals surface area contributed by atoms with Gasteiger partial charge in [0.05, 0.1) is 6.61 Å². The summed E-state index contributed by atoms with van der Waals surface area (Å²) in [6.07, 6.45) is 36.7. The van der Waals surface area contributed by atoms with E-state index < -0.39 is 31.9 Å². The Kier molecular flexibility index (Phi) is 32.2. The van der Waals surface area contributed by atoms with Gasteiger partial charge in [-0.2, -0.15) is 0 Å². The van der Waals surface area contributed by atoms with Crippen molar-refractivity contribution < 1.29 is 33.9 Å². The van der Waals surface area contributed by atoms with Gasteiger partial charge >= 0.3 is 7.82 Å². The minimum absolute atomic E-state index is 0.0117. The Labute approximate surface area is 290 Å². The lowest BCUT2D eigenvalue weighted by atomic mass is 9.84. The number of phosphoric acid groups is 1. The average Bonchev–Trinajstić information content (AvgIpc) is 3.04. The largest absolute Gasteiger partial charge is 0.470 e. The molecule has 0 rings (SSSR count). The van der Waals surface area contributed by atoms with E-state index in [4.69, 9.17) is 4.52 Å². The molecule has 0 spiro atoms. The van der Waals surface area contributed by atoms with Gasteiger partial charge in [-0.15, -0.1) is 0 Å². The first kappa shape index (κ1) is 46.4. The van der Waals surface area contributed by atoms with Crippen LogP contribution in [0, 0.1) is 0 Å². The molecular formula is C39H77O7P. The molecule has 280 valence electrons. The topological polar surface area (TPSA) is 124 Å². The maximum atomic E-state index is 13.3. The number of ketones is 1. The fraction of sp³-hybridized carbons (Fsp3) is 0.923. The zero-order chi connectivity index (χ0) is 34.9. The van der Waals surface area contributed by atoms with E-state index in [1.807, 2.05) is 0 Å². The molecule has 0 radical (unpaired) electrons. The summed E-state index contributed by atoms with van der Waals surface area (Å²) in [5.74, 6) is -0.527. The Morgan fingerprint density at radius 2 is 0.936 bits per heavy atom. The lowest BCUT2D eigenvalue weighted by Crippen LogP contribution is -2.52. The lowest BCUT2D eigenvalue weighted by Gasteiger charge is -2.35. The van der Waals surface area contributed by atoms with Crippen LogP contribution in [0.25, 0.3) is 0 Å². The van der Waals surface area contributed by atoms with Gasteiger partial charge in [0.1, 0.15) is 6.10 Å². The van der Waals surface area contributed by atoms with Crippen molar-refractivity contribution in [1.29, 1.82) is 0 Å². The van der Waals surface area contributed by atoms with Crippen molar-refractivity contribution in [3.05, 3.63) is 12.2 Å². The summed E-state index contributed by atoms with van der Waals surface area (Å²) in [5.41, 5.74) is -2.08. The molecule has 0 aliphatic rings. The number of hydrogen-bond acceptors (Lipinski definition) is 5. The van der Waals surface area contributed by atoms with Gasteiger partial charge in [-0.25, -0.2) is 4.57 Å². The second-order valence-corrected chi connectivity index (χ2v) is 15.1. The molecule has 0 saturated carbocycles. The number of hydrogen-bond donors (Lipinski definition) is 4. The monoisotopic (exact) mass is 689 g/mol. The highest BCUT2D eigenvalue weighted by atomic mass is 31.2. The molecule has 0 aromatic carbocycles. The number of carbonyl (C=O) groups excluding carboxylic acids is 1. The molecule has 0 aromatic rings. The first-order valence-electron chi connectivity index (χ1n) is 20.0. The normalized spacial score (nSPS) is 14.2. The molecule has 0 bridgehead atoms. The third kappa shape index (κ3) is 27.9. The second kappa shape index (κ2) is 32.6. The number of carbonyl (C=O) groups is 1. The van der Waals surface area contributed by atoms with Crippen LogP contribution in [0.2, 0.25) is 0 Å². The molecule has 2 atom stereocenters. The fourth-order valence-corrected chi connectivity index (χ4v) is 7.25. The summed E-state index contributed by atoms with van der Waals surface area (Å²) in [6, 6.07) is 0. The summed E-state index contributed by atoms with van der Waals surface area (Å²) in [4.78, 5) is 32.6. The van der Waals surface area contributed by atoms with E-state index in [0.29, 0.717) is 12.8 Å². The van der Waals surface area contributed by atoms with Crippen LogP contribution in [0.1, 0.15) is 213 Å². The number of rotatable bonds is 37. The highest BCUT2D eigenvalue weighted by Crippen LogP contribution is 2.45. The number of unbranched alkanes of at least 4 members (excludes halogenated alkanes) is 26. The van der Waals surface area contributed by atoms with Crippen LogP contribution in [0.5, 0.6) is 0 Å². The number of allylic oxidation sites excluding steroid dienone is 2. The van der Waals surface area contributed by atoms with E-state index >= 15 is 0 Å². The van der Waals surface area contributed by atoms with Crippen LogP contribution in [-0.2, 0) is 13.9 Å². The summed E-state index contributed by atoms with van der Waals surface area (Å²) in [5, 5.41) is 20.3. The third-order valence-electron chi connectivity index (χ3n) is 9.53. The molecule has 0 aliphatic heterocycles. The minimum atomic E-state index is -5.07. The van der Waals surface area contributed by atoms with E-state index in [-0.39, 0.29) is 12.8 Å². The van der Waals surface area contributed by atoms with Crippen LogP contribution < -0.4 is 0 Å². The molecule has 47 heavy (non-hydrogen) atoms. The van der Waals surface area contributed by atoms with Crippen LogP contribution in [-0.4, -0.2) is 44.1 Å². The summed E-state index contributed by atoms with van der Waals surface area (Å²) < 4.78 is 16.9. The third-order valence-corrected chi connectivity index (χ3v) is 10.1. The molecule has 8 heteroatoms. The van der Waals surface area contributed by atoms with Crippen LogP contribution >= 0.6 is 7.82 Å². The smallest absolute Gasteiger partial charge is 0.394 e. The Morgan fingerprint density at radius 1 is 0.596 bits per heavy atom. The summed E-state index contributed by atoms with van der Waals surface area (Å²) in [6.45, 7) is 3.70. The van der Waals surface area contributed by atoms with E-state index in [1.165, 1.54) is 109 Å². The van der Waals surface area contributed by atoms with Gasteiger partial charge in [0.2, 0.25) is 0 Å². The standard InChI is InChI=1S/C39H77O7P/c1-3-5-7-9-11-13-15-17-19-21-23-25-27-29-31-33-35-39(38(42)36-40,46-47(43,44)45)37(41)34-32-30-28-26-24-22-20-18-16-14-12-10-8-6-4-2/h18,20,38,40,42H,3-17,19,21-36H2,1-2H3,(H2,43,44,45)/b20-18-. The lowest BCUT2D eigenvalue weighted by molar-refractivity contribution is -0.153. The molecule has 0 aromatic heterocycles. The first-order valence-corrected chi connectivity index (χ1v) is 21.5. The SMILES string of the molecule is CCCCCCCC/C=C\CCCCCCCC(=O)C(CCCCCCCCCCCCCCCCCC)(OP(=O)(O)O)C(O)CO. The number of aliphatic hydroxyl groups excluding tert-OH is 2. The molecule has 2 unspecified atom stereocenters. The predicted octanol–water partition coefficient (Wildman–Crippen LogP) is 11.4. The highest BCUT2D eigenvalue weighted by Gasteiger charge is 2.49. The quantitative estimate of drug-likeness (QED) is 0.0291. The van der Waals surface area contributed by atoms with Gasteiger partial charge in [0.25, 0.3) is 0 Å². The van der Waals surface area contributed by atoms with Crippen molar-refractivity contribution >= 4 is 13.6 Å². The van der Waals surface area contributed by atoms with Gasteiger partial charge in [-0.3, -0.25) is 9.32 Å². The summed E-state index contributed by atoms with van der Waals surface area (Å²) >= 11 is 0. The number of aliphatic hydroxyl groups is 2. The molecule has 0 aliphatic carbocycles. The number of phosphoric ester groups is 1. The molecule has 0 amide bonds. The molecule has 7 nitrogen and oxygen atoms in total. The Morgan fingerprint density at radius 3 is 1.30 bits per heavy atom. The van der Waals surface area contributed by atoms with Crippen molar-refractivity contribution in [3.8, 4) is 0 Å². The Balaban J connectivity index is 4.30. The van der Waals surface area contributed by atoms with Crippen molar-refractivity contribution in [2.24, 2.45) is 0 Å². The second-order valence-electron chi connectivity index (χ2n) is 14.0. The molecular weight excluding hydrogens is 611 g/mol. The Bertz CT molecular complexity index is 768.